The van der Waals surface area contributed by atoms with Gasteiger partial charge in [-0.3, -0.25) is 10.1 Å². The van der Waals surface area contributed by atoms with E-state index in [1.807, 2.05) is 19.9 Å². The maximum absolute atomic E-state index is 11.1. The molecule has 2 N–H and O–H groups in total. The number of nitro benzene ring substituents is 1. The van der Waals surface area contributed by atoms with Gasteiger partial charge in [-0.1, -0.05) is 23.7 Å². The fourth-order valence-corrected chi connectivity index (χ4v) is 2.28. The molecule has 0 aliphatic heterocycles. The van der Waals surface area contributed by atoms with E-state index < -0.39 is 4.92 Å². The highest BCUT2D eigenvalue weighted by Crippen LogP contribution is 2.33. The third-order valence-corrected chi connectivity index (χ3v) is 3.42. The maximum atomic E-state index is 11.1. The van der Waals surface area contributed by atoms with E-state index in [1.165, 1.54) is 6.07 Å². The highest BCUT2D eigenvalue weighted by Gasteiger charge is 2.18. The molecular formula is C15H15ClN2O3. The molecule has 0 heterocycles. The zero-order valence-electron chi connectivity index (χ0n) is 11.6. The molecule has 6 heteroatoms. The molecule has 0 bridgehead atoms. The van der Waals surface area contributed by atoms with E-state index in [4.69, 9.17) is 11.6 Å². The summed E-state index contributed by atoms with van der Waals surface area (Å²) in [6.07, 6.45) is 0. The first-order chi connectivity index (χ1) is 9.88. The highest BCUT2D eigenvalue weighted by molar-refractivity contribution is 6.30. The van der Waals surface area contributed by atoms with Gasteiger partial charge < -0.3 is 10.4 Å². The molecule has 0 saturated carbocycles. The molecule has 0 fully saturated rings. The molecule has 2 aromatic carbocycles. The van der Waals surface area contributed by atoms with E-state index in [2.05, 4.69) is 5.32 Å². The second kappa shape index (κ2) is 6.01. The van der Waals surface area contributed by atoms with Gasteiger partial charge in [-0.2, -0.15) is 0 Å². The Morgan fingerprint density at radius 1 is 1.29 bits per heavy atom. The topological polar surface area (TPSA) is 75.4 Å². The molecule has 5 nitrogen and oxygen atoms in total. The Labute approximate surface area is 127 Å². The average molecular weight is 307 g/mol. The quantitative estimate of drug-likeness (QED) is 0.647. The standard InChI is InChI=1S/C15H15ClN2O3/c1-9-3-5-12(15(19)7-9)10(2)17-13-6-4-11(16)8-14(13)18(20)21/h3-8,10,17,19H,1-2H3. The minimum Gasteiger partial charge on any atom is -0.508 e. The Kier molecular flexibility index (Phi) is 4.33. The summed E-state index contributed by atoms with van der Waals surface area (Å²) < 4.78 is 0. The van der Waals surface area contributed by atoms with Crippen LogP contribution in [0.25, 0.3) is 0 Å². The number of anilines is 1. The summed E-state index contributed by atoms with van der Waals surface area (Å²) in [4.78, 5) is 10.6. The molecule has 1 atom stereocenters. The van der Waals surface area contributed by atoms with Gasteiger partial charge >= 0.3 is 0 Å². The predicted molar refractivity (Wildman–Crippen MR) is 83.0 cm³/mol. The van der Waals surface area contributed by atoms with Crippen molar-refractivity contribution in [1.82, 2.24) is 0 Å². The number of phenols is 1. The number of hydrogen-bond donors (Lipinski definition) is 2. The highest BCUT2D eigenvalue weighted by atomic mass is 35.5. The number of aromatic hydroxyl groups is 1. The lowest BCUT2D eigenvalue weighted by molar-refractivity contribution is -0.384. The molecule has 0 aliphatic carbocycles. The average Bonchev–Trinajstić information content (AvgIpc) is 2.40. The Morgan fingerprint density at radius 3 is 2.62 bits per heavy atom. The molecule has 0 radical (unpaired) electrons. The van der Waals surface area contributed by atoms with Crippen LogP contribution in [0.1, 0.15) is 24.1 Å². The van der Waals surface area contributed by atoms with Gasteiger partial charge in [0.15, 0.2) is 0 Å². The minimum absolute atomic E-state index is 0.0963. The van der Waals surface area contributed by atoms with Crippen LogP contribution in [0.2, 0.25) is 5.02 Å². The summed E-state index contributed by atoms with van der Waals surface area (Å²) in [6, 6.07) is 9.48. The van der Waals surface area contributed by atoms with Crippen LogP contribution in [-0.2, 0) is 0 Å². The van der Waals surface area contributed by atoms with Crippen LogP contribution in [0, 0.1) is 17.0 Å². The molecule has 2 aromatic rings. The Bertz CT molecular complexity index is 689. The zero-order valence-corrected chi connectivity index (χ0v) is 12.4. The Morgan fingerprint density at radius 2 is 2.00 bits per heavy atom. The van der Waals surface area contributed by atoms with Crippen molar-refractivity contribution in [1.29, 1.82) is 0 Å². The number of nitro groups is 1. The van der Waals surface area contributed by atoms with Gasteiger partial charge in [-0.25, -0.2) is 0 Å². The van der Waals surface area contributed by atoms with Crippen LogP contribution in [-0.4, -0.2) is 10.0 Å². The number of aryl methyl sites for hydroxylation is 1. The normalized spacial score (nSPS) is 12.0. The van der Waals surface area contributed by atoms with Crippen molar-refractivity contribution >= 4 is 23.0 Å². The van der Waals surface area contributed by atoms with Gasteiger partial charge in [-0.15, -0.1) is 0 Å². The number of nitrogens with zero attached hydrogens (tertiary/aromatic N) is 1. The number of hydrogen-bond acceptors (Lipinski definition) is 4. The van der Waals surface area contributed by atoms with Crippen LogP contribution in [0.5, 0.6) is 5.75 Å². The van der Waals surface area contributed by atoms with Crippen LogP contribution >= 0.6 is 11.6 Å². The molecule has 0 amide bonds. The van der Waals surface area contributed by atoms with Crippen LogP contribution in [0.3, 0.4) is 0 Å². The minimum atomic E-state index is -0.490. The lowest BCUT2D eigenvalue weighted by Crippen LogP contribution is -2.08. The zero-order chi connectivity index (χ0) is 15.6. The lowest BCUT2D eigenvalue weighted by atomic mass is 10.0. The molecule has 1 unspecified atom stereocenters. The van der Waals surface area contributed by atoms with Gasteiger partial charge in [0, 0.05) is 16.7 Å². The molecular weight excluding hydrogens is 292 g/mol. The third-order valence-electron chi connectivity index (χ3n) is 3.18. The van der Waals surface area contributed by atoms with Crippen molar-refractivity contribution in [3.05, 3.63) is 62.7 Å². The molecule has 0 spiro atoms. The van der Waals surface area contributed by atoms with E-state index in [0.717, 1.165) is 5.56 Å². The van der Waals surface area contributed by atoms with Crippen molar-refractivity contribution in [3.63, 3.8) is 0 Å². The van der Waals surface area contributed by atoms with Crippen molar-refractivity contribution in [2.45, 2.75) is 19.9 Å². The Balaban J connectivity index is 2.31. The summed E-state index contributed by atoms with van der Waals surface area (Å²) in [5.41, 5.74) is 1.88. The molecule has 0 aliphatic rings. The van der Waals surface area contributed by atoms with E-state index in [1.54, 1.807) is 24.3 Å². The van der Waals surface area contributed by atoms with Gasteiger partial charge in [0.2, 0.25) is 0 Å². The van der Waals surface area contributed by atoms with Crippen molar-refractivity contribution < 1.29 is 10.0 Å². The smallest absolute Gasteiger partial charge is 0.293 e. The second-order valence-corrected chi connectivity index (χ2v) is 5.28. The second-order valence-electron chi connectivity index (χ2n) is 4.85. The van der Waals surface area contributed by atoms with Gasteiger partial charge in [0.25, 0.3) is 5.69 Å². The SMILES string of the molecule is Cc1ccc(C(C)Nc2ccc(Cl)cc2[N+](=O)[O-])c(O)c1. The number of rotatable bonds is 4. The van der Waals surface area contributed by atoms with Gasteiger partial charge in [-0.05, 0) is 37.6 Å². The molecule has 0 saturated heterocycles. The van der Waals surface area contributed by atoms with Crippen LogP contribution < -0.4 is 5.32 Å². The summed E-state index contributed by atoms with van der Waals surface area (Å²) in [7, 11) is 0. The lowest BCUT2D eigenvalue weighted by Gasteiger charge is -2.17. The first kappa shape index (κ1) is 15.1. The summed E-state index contributed by atoms with van der Waals surface area (Å²) in [5, 5.41) is 24.4. The maximum Gasteiger partial charge on any atom is 0.293 e. The molecule has 0 aromatic heterocycles. The molecule has 21 heavy (non-hydrogen) atoms. The van der Waals surface area contributed by atoms with Crippen LogP contribution in [0.15, 0.2) is 36.4 Å². The van der Waals surface area contributed by atoms with E-state index in [0.29, 0.717) is 16.3 Å². The number of nitrogens with one attached hydrogen (secondary N) is 1. The van der Waals surface area contributed by atoms with E-state index in [-0.39, 0.29) is 17.5 Å². The third kappa shape index (κ3) is 3.44. The fraction of sp³-hybridized carbons (Fsp3) is 0.200. The van der Waals surface area contributed by atoms with E-state index in [9.17, 15) is 15.2 Å². The monoisotopic (exact) mass is 306 g/mol. The van der Waals surface area contributed by atoms with Gasteiger partial charge in [0.1, 0.15) is 11.4 Å². The van der Waals surface area contributed by atoms with E-state index >= 15 is 0 Å². The summed E-state index contributed by atoms with van der Waals surface area (Å²) in [6.45, 7) is 3.70. The molecule has 2 rings (SSSR count). The van der Waals surface area contributed by atoms with Crippen molar-refractivity contribution in [3.8, 4) is 5.75 Å². The predicted octanol–water partition coefficient (Wildman–Crippen LogP) is 4.44. The number of phenolic OH excluding ortho intramolecular Hbond substituents is 1. The summed E-state index contributed by atoms with van der Waals surface area (Å²) >= 11 is 5.78. The number of halogens is 1. The largest absolute Gasteiger partial charge is 0.508 e. The van der Waals surface area contributed by atoms with Gasteiger partial charge in [0.05, 0.1) is 11.0 Å². The fourth-order valence-electron chi connectivity index (χ4n) is 2.11. The van der Waals surface area contributed by atoms with Crippen LogP contribution in [0.4, 0.5) is 11.4 Å². The van der Waals surface area contributed by atoms with Crippen molar-refractivity contribution in [2.24, 2.45) is 0 Å². The summed E-state index contributed by atoms with van der Waals surface area (Å²) in [5.74, 6) is 0.159. The van der Waals surface area contributed by atoms with Crippen molar-refractivity contribution in [2.75, 3.05) is 5.32 Å². The first-order valence-corrected chi connectivity index (χ1v) is 6.76. The Hall–Kier alpha value is -2.27. The number of benzene rings is 2. The molecule has 110 valence electrons. The first-order valence-electron chi connectivity index (χ1n) is 6.38.